The van der Waals surface area contributed by atoms with E-state index in [0.29, 0.717) is 5.02 Å². The lowest BCUT2D eigenvalue weighted by Gasteiger charge is -2.25. The van der Waals surface area contributed by atoms with Crippen molar-refractivity contribution in [3.05, 3.63) is 70.7 Å². The van der Waals surface area contributed by atoms with Gasteiger partial charge < -0.3 is 15.3 Å². The fraction of sp³-hybridized carbons (Fsp3) is 0.250. The monoisotopic (exact) mass is 388 g/mol. The summed E-state index contributed by atoms with van der Waals surface area (Å²) in [4.78, 5) is 36.8. The van der Waals surface area contributed by atoms with E-state index >= 15 is 0 Å². The van der Waals surface area contributed by atoms with Crippen LogP contribution in [-0.2, 0) is 20.9 Å². The second-order valence-electron chi connectivity index (χ2n) is 6.14. The number of carbonyl (C=O) groups is 3. The van der Waals surface area contributed by atoms with Crippen LogP contribution < -0.4 is 5.32 Å². The van der Waals surface area contributed by atoms with Crippen LogP contribution in [0.5, 0.6) is 0 Å². The third-order valence-corrected chi connectivity index (χ3v) is 4.18. The topological polar surface area (TPSA) is 86.7 Å². The van der Waals surface area contributed by atoms with Crippen molar-refractivity contribution in [2.24, 2.45) is 0 Å². The minimum absolute atomic E-state index is 0.0372. The number of nitrogens with zero attached hydrogens (tertiary/aromatic N) is 1. The first-order chi connectivity index (χ1) is 12.8. The number of hydrogen-bond donors (Lipinski definition) is 2. The van der Waals surface area contributed by atoms with Gasteiger partial charge in [0.2, 0.25) is 11.8 Å². The molecule has 6 nitrogen and oxygen atoms in total. The van der Waals surface area contributed by atoms with Gasteiger partial charge in [0.15, 0.2) is 0 Å². The van der Waals surface area contributed by atoms with Crippen LogP contribution >= 0.6 is 11.6 Å². The fourth-order valence-electron chi connectivity index (χ4n) is 2.69. The van der Waals surface area contributed by atoms with Gasteiger partial charge in [0.25, 0.3) is 0 Å². The Bertz CT molecular complexity index is 793. The zero-order chi connectivity index (χ0) is 19.8. The number of rotatable bonds is 8. The van der Waals surface area contributed by atoms with E-state index in [-0.39, 0.29) is 24.8 Å². The molecule has 0 heterocycles. The summed E-state index contributed by atoms with van der Waals surface area (Å²) in [6.07, 6.45) is -0.0372. The minimum atomic E-state index is -1.10. The summed E-state index contributed by atoms with van der Waals surface area (Å²) in [6.45, 7) is 1.09. The number of aliphatic carboxylic acids is 1. The Hall–Kier alpha value is -2.86. The molecule has 1 atom stereocenters. The lowest BCUT2D eigenvalue weighted by atomic mass is 10.0. The second-order valence-corrected chi connectivity index (χ2v) is 6.57. The van der Waals surface area contributed by atoms with Gasteiger partial charge in [-0.3, -0.25) is 14.4 Å². The molecule has 2 rings (SSSR count). The number of halogens is 1. The Morgan fingerprint density at radius 3 is 2.26 bits per heavy atom. The molecule has 7 heteroatoms. The van der Waals surface area contributed by atoms with E-state index in [1.165, 1.54) is 11.8 Å². The van der Waals surface area contributed by atoms with Gasteiger partial charge in [-0.05, 0) is 23.3 Å². The maximum Gasteiger partial charge on any atom is 0.323 e. The predicted molar refractivity (Wildman–Crippen MR) is 102 cm³/mol. The summed E-state index contributed by atoms with van der Waals surface area (Å²) in [7, 11) is 0. The Kier molecular flexibility index (Phi) is 7.37. The highest BCUT2D eigenvalue weighted by Gasteiger charge is 2.23. The van der Waals surface area contributed by atoms with Crippen LogP contribution in [0.3, 0.4) is 0 Å². The largest absolute Gasteiger partial charge is 0.480 e. The molecule has 27 heavy (non-hydrogen) atoms. The standard InChI is InChI=1S/C20H21ClN2O4/c1-14(24)22-18(16-5-3-2-4-6-16)11-19(25)23(13-20(26)27)12-15-7-9-17(21)10-8-15/h2-10,18H,11-13H2,1H3,(H,22,24)(H,26,27). The summed E-state index contributed by atoms with van der Waals surface area (Å²) < 4.78 is 0. The molecular weight excluding hydrogens is 368 g/mol. The van der Waals surface area contributed by atoms with Crippen molar-refractivity contribution in [2.45, 2.75) is 25.9 Å². The quantitative estimate of drug-likeness (QED) is 0.727. The predicted octanol–water partition coefficient (Wildman–Crippen LogP) is 3.02. The summed E-state index contributed by atoms with van der Waals surface area (Å²) in [5.74, 6) is -1.73. The zero-order valence-electron chi connectivity index (χ0n) is 14.9. The smallest absolute Gasteiger partial charge is 0.323 e. The molecule has 0 aromatic heterocycles. The van der Waals surface area contributed by atoms with E-state index in [4.69, 9.17) is 16.7 Å². The van der Waals surface area contributed by atoms with Gasteiger partial charge in [-0.2, -0.15) is 0 Å². The molecule has 2 aromatic rings. The number of hydrogen-bond acceptors (Lipinski definition) is 3. The van der Waals surface area contributed by atoms with Crippen molar-refractivity contribution in [3.63, 3.8) is 0 Å². The molecule has 1 unspecified atom stereocenters. The van der Waals surface area contributed by atoms with Crippen molar-refractivity contribution in [1.82, 2.24) is 10.2 Å². The van der Waals surface area contributed by atoms with Gasteiger partial charge in [-0.15, -0.1) is 0 Å². The Balaban J connectivity index is 2.17. The van der Waals surface area contributed by atoms with Crippen molar-refractivity contribution in [1.29, 1.82) is 0 Å². The first-order valence-corrected chi connectivity index (χ1v) is 8.79. The van der Waals surface area contributed by atoms with Crippen LogP contribution in [0.2, 0.25) is 5.02 Å². The Morgan fingerprint density at radius 1 is 1.07 bits per heavy atom. The van der Waals surface area contributed by atoms with Gasteiger partial charge in [0, 0.05) is 18.5 Å². The SMILES string of the molecule is CC(=O)NC(CC(=O)N(CC(=O)O)Cc1ccc(Cl)cc1)c1ccccc1. The van der Waals surface area contributed by atoms with Crippen LogP contribution in [0.4, 0.5) is 0 Å². The summed E-state index contributed by atoms with van der Waals surface area (Å²) >= 11 is 5.87. The highest BCUT2D eigenvalue weighted by molar-refractivity contribution is 6.30. The van der Waals surface area contributed by atoms with Crippen LogP contribution in [-0.4, -0.2) is 34.3 Å². The molecule has 2 aromatic carbocycles. The maximum atomic E-state index is 12.8. The normalized spacial score (nSPS) is 11.5. The van der Waals surface area contributed by atoms with Crippen molar-refractivity contribution >= 4 is 29.4 Å². The highest BCUT2D eigenvalue weighted by atomic mass is 35.5. The molecular formula is C20H21ClN2O4. The summed E-state index contributed by atoms with van der Waals surface area (Å²) in [5.41, 5.74) is 1.55. The molecule has 0 spiro atoms. The number of carboxylic acid groups (broad SMARTS) is 1. The molecule has 0 radical (unpaired) electrons. The first-order valence-electron chi connectivity index (χ1n) is 8.41. The fourth-order valence-corrected chi connectivity index (χ4v) is 2.82. The van der Waals surface area contributed by atoms with Crippen LogP contribution in [0.25, 0.3) is 0 Å². The van der Waals surface area contributed by atoms with E-state index < -0.39 is 18.6 Å². The molecule has 2 amide bonds. The molecule has 0 saturated heterocycles. The van der Waals surface area contributed by atoms with Gasteiger partial charge >= 0.3 is 5.97 Å². The third kappa shape index (κ3) is 6.75. The molecule has 0 aliphatic carbocycles. The van der Waals surface area contributed by atoms with Crippen LogP contribution in [0.1, 0.15) is 30.5 Å². The van der Waals surface area contributed by atoms with Gasteiger partial charge in [0.1, 0.15) is 6.54 Å². The average Bonchev–Trinajstić information content (AvgIpc) is 2.62. The zero-order valence-corrected chi connectivity index (χ0v) is 15.6. The Morgan fingerprint density at radius 2 is 1.70 bits per heavy atom. The van der Waals surface area contributed by atoms with Gasteiger partial charge in [-0.25, -0.2) is 0 Å². The number of carbonyl (C=O) groups excluding carboxylic acids is 2. The highest BCUT2D eigenvalue weighted by Crippen LogP contribution is 2.19. The van der Waals surface area contributed by atoms with Gasteiger partial charge in [-0.1, -0.05) is 54.1 Å². The van der Waals surface area contributed by atoms with E-state index in [2.05, 4.69) is 5.32 Å². The molecule has 0 bridgehead atoms. The molecule has 0 aliphatic rings. The summed E-state index contributed by atoms with van der Waals surface area (Å²) in [5, 5.41) is 12.5. The number of amides is 2. The van der Waals surface area contributed by atoms with E-state index in [1.54, 1.807) is 24.3 Å². The van der Waals surface area contributed by atoms with Gasteiger partial charge in [0.05, 0.1) is 12.5 Å². The second kappa shape index (κ2) is 9.73. The Labute approximate surface area is 162 Å². The van der Waals surface area contributed by atoms with E-state index in [1.807, 2.05) is 30.3 Å². The van der Waals surface area contributed by atoms with Crippen LogP contribution in [0, 0.1) is 0 Å². The maximum absolute atomic E-state index is 12.8. The lowest BCUT2D eigenvalue weighted by Crippen LogP contribution is -2.38. The third-order valence-electron chi connectivity index (χ3n) is 3.92. The van der Waals surface area contributed by atoms with Crippen LogP contribution in [0.15, 0.2) is 54.6 Å². The van der Waals surface area contributed by atoms with E-state index in [9.17, 15) is 14.4 Å². The number of carboxylic acids is 1. The molecule has 0 saturated carbocycles. The number of benzene rings is 2. The molecule has 0 aliphatic heterocycles. The molecule has 0 fully saturated rings. The first kappa shape index (κ1) is 20.5. The van der Waals surface area contributed by atoms with Crippen molar-refractivity contribution in [2.75, 3.05) is 6.54 Å². The van der Waals surface area contributed by atoms with Crippen molar-refractivity contribution in [3.8, 4) is 0 Å². The minimum Gasteiger partial charge on any atom is -0.480 e. The molecule has 142 valence electrons. The van der Waals surface area contributed by atoms with Crippen molar-refractivity contribution < 1.29 is 19.5 Å². The number of nitrogens with one attached hydrogen (secondary N) is 1. The average molecular weight is 389 g/mol. The lowest BCUT2D eigenvalue weighted by molar-refractivity contribution is -0.145. The summed E-state index contributed by atoms with van der Waals surface area (Å²) in [6, 6.07) is 15.4. The van der Waals surface area contributed by atoms with E-state index in [0.717, 1.165) is 11.1 Å². The molecule has 2 N–H and O–H groups in total.